The van der Waals surface area contributed by atoms with E-state index in [0.717, 1.165) is 0 Å². The second-order valence-electron chi connectivity index (χ2n) is 4.90. The predicted molar refractivity (Wildman–Crippen MR) is 79.7 cm³/mol. The lowest BCUT2D eigenvalue weighted by Crippen LogP contribution is -2.30. The number of aliphatic hydroxyl groups is 1. The third-order valence-corrected chi connectivity index (χ3v) is 3.19. The number of benzene rings is 1. The van der Waals surface area contributed by atoms with Gasteiger partial charge in [-0.3, -0.25) is 4.79 Å². The molecule has 1 amide bonds. The van der Waals surface area contributed by atoms with Gasteiger partial charge in [-0.1, -0.05) is 24.6 Å². The molecule has 7 heteroatoms. The smallest absolute Gasteiger partial charge is 0.273 e. The molecule has 0 bridgehead atoms. The van der Waals surface area contributed by atoms with Crippen molar-refractivity contribution in [3.63, 3.8) is 0 Å². The Labute approximate surface area is 127 Å². The minimum atomic E-state index is -0.305. The fourth-order valence-electron chi connectivity index (χ4n) is 1.72. The van der Waals surface area contributed by atoms with Gasteiger partial charge in [0.25, 0.3) is 5.91 Å². The van der Waals surface area contributed by atoms with Crippen molar-refractivity contribution < 1.29 is 9.90 Å². The number of aliphatic hydroxyl groups excluding tert-OH is 1. The molecule has 1 aromatic carbocycles. The third kappa shape index (κ3) is 3.80. The molecule has 0 aliphatic carbocycles. The molecule has 2 aromatic rings. The standard InChI is InChI=1S/C14H17ClN4O2/c1-9(8-20)7-16-14(21)13-10(2)17-19(18-13)12-5-3-4-11(15)6-12/h3-6,9,20H,7-8H2,1-2H3,(H,16,21). The van der Waals surface area contributed by atoms with Crippen LogP contribution in [0.25, 0.3) is 5.69 Å². The second-order valence-corrected chi connectivity index (χ2v) is 5.34. The SMILES string of the molecule is Cc1nn(-c2cccc(Cl)c2)nc1C(=O)NCC(C)CO. The number of aromatic nitrogens is 3. The molecule has 1 heterocycles. The van der Waals surface area contributed by atoms with Crippen LogP contribution >= 0.6 is 11.6 Å². The Balaban J connectivity index is 2.17. The molecule has 0 aliphatic rings. The van der Waals surface area contributed by atoms with E-state index in [4.69, 9.17) is 16.7 Å². The van der Waals surface area contributed by atoms with Crippen LogP contribution in [0.15, 0.2) is 24.3 Å². The fraction of sp³-hybridized carbons (Fsp3) is 0.357. The Kier molecular flexibility index (Phi) is 4.93. The summed E-state index contributed by atoms with van der Waals surface area (Å²) >= 11 is 5.93. The van der Waals surface area contributed by atoms with E-state index in [2.05, 4.69) is 15.5 Å². The zero-order valence-electron chi connectivity index (χ0n) is 11.9. The molecule has 112 valence electrons. The Bertz CT molecular complexity index is 642. The number of aryl methyl sites for hydroxylation is 1. The topological polar surface area (TPSA) is 80.0 Å². The first-order valence-electron chi connectivity index (χ1n) is 6.60. The summed E-state index contributed by atoms with van der Waals surface area (Å²) in [7, 11) is 0. The number of carbonyl (C=O) groups is 1. The van der Waals surface area contributed by atoms with Crippen molar-refractivity contribution in [3.05, 3.63) is 40.7 Å². The van der Waals surface area contributed by atoms with E-state index in [1.165, 1.54) is 4.80 Å². The molecule has 2 rings (SSSR count). The first kappa shape index (κ1) is 15.5. The van der Waals surface area contributed by atoms with E-state index < -0.39 is 0 Å². The van der Waals surface area contributed by atoms with Crippen LogP contribution in [0.5, 0.6) is 0 Å². The van der Waals surface area contributed by atoms with Gasteiger partial charge in [-0.05, 0) is 31.0 Å². The number of nitrogens with one attached hydrogen (secondary N) is 1. The normalized spacial score (nSPS) is 12.2. The van der Waals surface area contributed by atoms with Gasteiger partial charge in [0.05, 0.1) is 11.4 Å². The number of hydrogen-bond acceptors (Lipinski definition) is 4. The minimum Gasteiger partial charge on any atom is -0.396 e. The molecule has 1 atom stereocenters. The first-order valence-corrected chi connectivity index (χ1v) is 6.98. The van der Waals surface area contributed by atoms with Gasteiger partial charge in [0.15, 0.2) is 5.69 Å². The summed E-state index contributed by atoms with van der Waals surface area (Å²) in [6.45, 7) is 3.97. The molecule has 6 nitrogen and oxygen atoms in total. The number of hydrogen-bond donors (Lipinski definition) is 2. The van der Waals surface area contributed by atoms with Crippen LogP contribution in [-0.2, 0) is 0 Å². The molecular weight excluding hydrogens is 292 g/mol. The van der Waals surface area contributed by atoms with E-state index in [-0.39, 0.29) is 24.1 Å². The molecular formula is C14H17ClN4O2. The summed E-state index contributed by atoms with van der Waals surface area (Å²) in [5, 5.41) is 20.7. The largest absolute Gasteiger partial charge is 0.396 e. The van der Waals surface area contributed by atoms with Gasteiger partial charge in [0.1, 0.15) is 0 Å². The molecule has 21 heavy (non-hydrogen) atoms. The summed E-state index contributed by atoms with van der Waals surface area (Å²) < 4.78 is 0. The monoisotopic (exact) mass is 308 g/mol. The highest BCUT2D eigenvalue weighted by Crippen LogP contribution is 2.14. The summed E-state index contributed by atoms with van der Waals surface area (Å²) in [5.74, 6) is -0.307. The first-order chi connectivity index (χ1) is 10.0. The highest BCUT2D eigenvalue weighted by atomic mass is 35.5. The maximum absolute atomic E-state index is 12.1. The van der Waals surface area contributed by atoms with E-state index in [1.54, 1.807) is 31.2 Å². The fourth-order valence-corrected chi connectivity index (χ4v) is 1.90. The van der Waals surface area contributed by atoms with Crippen LogP contribution < -0.4 is 5.32 Å². The van der Waals surface area contributed by atoms with Gasteiger partial charge in [0.2, 0.25) is 0 Å². The third-order valence-electron chi connectivity index (χ3n) is 2.96. The van der Waals surface area contributed by atoms with E-state index in [1.807, 2.05) is 6.92 Å². The number of halogens is 1. The Morgan fingerprint density at radius 2 is 2.24 bits per heavy atom. The highest BCUT2D eigenvalue weighted by molar-refractivity contribution is 6.30. The number of carbonyl (C=O) groups excluding carboxylic acids is 1. The average Bonchev–Trinajstić information content (AvgIpc) is 2.86. The molecule has 0 aliphatic heterocycles. The van der Waals surface area contributed by atoms with Crippen molar-refractivity contribution in [1.29, 1.82) is 0 Å². The van der Waals surface area contributed by atoms with Crippen molar-refractivity contribution in [2.24, 2.45) is 5.92 Å². The van der Waals surface area contributed by atoms with Crippen LogP contribution in [0.2, 0.25) is 5.02 Å². The maximum atomic E-state index is 12.1. The Morgan fingerprint density at radius 1 is 1.48 bits per heavy atom. The van der Waals surface area contributed by atoms with Crippen LogP contribution in [0.1, 0.15) is 23.1 Å². The maximum Gasteiger partial charge on any atom is 0.273 e. The van der Waals surface area contributed by atoms with Crippen molar-refractivity contribution in [2.75, 3.05) is 13.2 Å². The lowest BCUT2D eigenvalue weighted by atomic mass is 10.2. The predicted octanol–water partition coefficient (Wildman–Crippen LogP) is 1.59. The van der Waals surface area contributed by atoms with Crippen molar-refractivity contribution in [3.8, 4) is 5.69 Å². The van der Waals surface area contributed by atoms with Crippen LogP contribution in [0, 0.1) is 12.8 Å². The number of nitrogens with zero attached hydrogens (tertiary/aromatic N) is 3. The summed E-state index contributed by atoms with van der Waals surface area (Å²) in [5.41, 5.74) is 1.48. The lowest BCUT2D eigenvalue weighted by Gasteiger charge is -2.08. The Morgan fingerprint density at radius 3 is 2.90 bits per heavy atom. The average molecular weight is 309 g/mol. The highest BCUT2D eigenvalue weighted by Gasteiger charge is 2.16. The summed E-state index contributed by atoms with van der Waals surface area (Å²) in [6, 6.07) is 7.07. The zero-order valence-corrected chi connectivity index (χ0v) is 12.6. The van der Waals surface area contributed by atoms with Gasteiger partial charge >= 0.3 is 0 Å². The molecule has 0 radical (unpaired) electrons. The van der Waals surface area contributed by atoms with Gasteiger partial charge in [0, 0.05) is 18.2 Å². The van der Waals surface area contributed by atoms with E-state index >= 15 is 0 Å². The molecule has 1 unspecified atom stereocenters. The van der Waals surface area contributed by atoms with Gasteiger partial charge in [-0.2, -0.15) is 9.90 Å². The summed E-state index contributed by atoms with van der Waals surface area (Å²) in [6.07, 6.45) is 0. The van der Waals surface area contributed by atoms with Crippen LogP contribution in [0.4, 0.5) is 0 Å². The molecule has 2 N–H and O–H groups in total. The summed E-state index contributed by atoms with van der Waals surface area (Å²) in [4.78, 5) is 13.4. The lowest BCUT2D eigenvalue weighted by molar-refractivity contribution is 0.0936. The van der Waals surface area contributed by atoms with E-state index in [0.29, 0.717) is 22.9 Å². The van der Waals surface area contributed by atoms with Crippen LogP contribution in [-0.4, -0.2) is 39.2 Å². The number of amides is 1. The molecule has 1 aromatic heterocycles. The molecule has 0 spiro atoms. The van der Waals surface area contributed by atoms with Gasteiger partial charge in [-0.15, -0.1) is 5.10 Å². The quantitative estimate of drug-likeness (QED) is 0.879. The van der Waals surface area contributed by atoms with Crippen molar-refractivity contribution in [1.82, 2.24) is 20.3 Å². The van der Waals surface area contributed by atoms with Gasteiger partial charge in [-0.25, -0.2) is 0 Å². The van der Waals surface area contributed by atoms with Gasteiger partial charge < -0.3 is 10.4 Å². The van der Waals surface area contributed by atoms with Crippen molar-refractivity contribution >= 4 is 17.5 Å². The second kappa shape index (κ2) is 6.69. The van der Waals surface area contributed by atoms with Crippen molar-refractivity contribution in [2.45, 2.75) is 13.8 Å². The molecule has 0 fully saturated rings. The van der Waals surface area contributed by atoms with E-state index in [9.17, 15) is 4.79 Å². The molecule has 0 saturated carbocycles. The molecule has 0 saturated heterocycles. The van der Waals surface area contributed by atoms with Crippen LogP contribution in [0.3, 0.4) is 0 Å². The minimum absolute atomic E-state index is 0.00256. The zero-order chi connectivity index (χ0) is 15.4. The number of rotatable bonds is 5. The Hall–Kier alpha value is -1.92.